The first-order valence-electron chi connectivity index (χ1n) is 7.43. The maximum Gasteiger partial charge on any atom is 0.323 e. The van der Waals surface area contributed by atoms with E-state index in [-0.39, 0.29) is 4.90 Å². The molecule has 2 aromatic carbocycles. The number of rotatable bonds is 7. The molecule has 0 aromatic heterocycles. The number of aryl methyl sites for hydroxylation is 1. The zero-order valence-electron chi connectivity index (χ0n) is 14.4. The standard InChI is InChI=1S/C16H15F2NO7S/c1-10-4-6-11(7-5-10)27(22,23)26-25-16(2,3)24-15-13(19(20)21)9-8-12(17)14(15)18/h4-9H,1-3H3. The van der Waals surface area contributed by atoms with Crippen molar-refractivity contribution in [1.29, 1.82) is 0 Å². The van der Waals surface area contributed by atoms with Crippen LogP contribution in [-0.2, 0) is 19.3 Å². The maximum atomic E-state index is 13.9. The lowest BCUT2D eigenvalue weighted by molar-refractivity contribution is -0.390. The number of nitro benzene ring substituents is 1. The van der Waals surface area contributed by atoms with Crippen molar-refractivity contribution in [2.45, 2.75) is 31.5 Å². The third-order valence-corrected chi connectivity index (χ3v) is 4.30. The Bertz CT molecular complexity index is 959. The maximum absolute atomic E-state index is 13.9. The lowest BCUT2D eigenvalue weighted by Crippen LogP contribution is -2.33. The van der Waals surface area contributed by atoms with Gasteiger partial charge in [0.1, 0.15) is 0 Å². The fourth-order valence-corrected chi connectivity index (χ4v) is 2.70. The minimum atomic E-state index is -4.35. The van der Waals surface area contributed by atoms with Crippen molar-refractivity contribution in [3.8, 4) is 5.75 Å². The first kappa shape index (κ1) is 20.7. The van der Waals surface area contributed by atoms with E-state index in [1.807, 2.05) is 0 Å². The molecule has 0 heterocycles. The van der Waals surface area contributed by atoms with Crippen molar-refractivity contribution in [3.05, 3.63) is 63.7 Å². The second-order valence-corrected chi connectivity index (χ2v) is 7.40. The Hall–Kier alpha value is -2.63. The number of halogens is 2. The summed E-state index contributed by atoms with van der Waals surface area (Å²) in [6.45, 7) is 3.96. The molecular formula is C16H15F2NO7S. The van der Waals surface area contributed by atoms with E-state index in [1.165, 1.54) is 24.3 Å². The Balaban J connectivity index is 2.22. The van der Waals surface area contributed by atoms with Gasteiger partial charge in [-0.3, -0.25) is 10.1 Å². The minimum Gasteiger partial charge on any atom is -0.450 e. The van der Waals surface area contributed by atoms with Crippen LogP contribution in [-0.4, -0.2) is 19.1 Å². The summed E-state index contributed by atoms with van der Waals surface area (Å²) < 4.78 is 60.9. The van der Waals surface area contributed by atoms with E-state index in [9.17, 15) is 27.3 Å². The number of benzene rings is 2. The molecule has 0 radical (unpaired) electrons. The van der Waals surface area contributed by atoms with E-state index < -0.39 is 43.9 Å². The summed E-state index contributed by atoms with van der Waals surface area (Å²) in [7, 11) is -4.35. The van der Waals surface area contributed by atoms with Crippen molar-refractivity contribution in [2.75, 3.05) is 0 Å². The smallest absolute Gasteiger partial charge is 0.323 e. The normalized spacial score (nSPS) is 12.0. The van der Waals surface area contributed by atoms with Crippen LogP contribution in [0.3, 0.4) is 0 Å². The van der Waals surface area contributed by atoms with Crippen LogP contribution >= 0.6 is 0 Å². The highest BCUT2D eigenvalue weighted by Crippen LogP contribution is 2.34. The third kappa shape index (κ3) is 4.96. The summed E-state index contributed by atoms with van der Waals surface area (Å²) in [5, 5.41) is 11.0. The van der Waals surface area contributed by atoms with Gasteiger partial charge in [0.05, 0.1) is 9.82 Å². The van der Waals surface area contributed by atoms with Gasteiger partial charge < -0.3 is 4.74 Å². The molecule has 0 unspecified atom stereocenters. The minimum absolute atomic E-state index is 0.216. The van der Waals surface area contributed by atoms with Gasteiger partial charge in [-0.05, 0) is 25.1 Å². The predicted molar refractivity (Wildman–Crippen MR) is 88.3 cm³/mol. The summed E-state index contributed by atoms with van der Waals surface area (Å²) in [5.41, 5.74) is -0.0561. The van der Waals surface area contributed by atoms with Gasteiger partial charge in [-0.2, -0.15) is 17.7 Å². The highest BCUT2D eigenvalue weighted by atomic mass is 32.2. The Morgan fingerprint density at radius 1 is 1.07 bits per heavy atom. The van der Waals surface area contributed by atoms with E-state index in [1.54, 1.807) is 6.92 Å². The quantitative estimate of drug-likeness (QED) is 0.301. The lowest BCUT2D eigenvalue weighted by atomic mass is 10.2. The van der Waals surface area contributed by atoms with Gasteiger partial charge in [-0.1, -0.05) is 22.0 Å². The van der Waals surface area contributed by atoms with Crippen molar-refractivity contribution >= 4 is 15.8 Å². The van der Waals surface area contributed by atoms with Crippen LogP contribution in [0.4, 0.5) is 14.5 Å². The van der Waals surface area contributed by atoms with Crippen LogP contribution in [0.5, 0.6) is 5.75 Å². The van der Waals surface area contributed by atoms with Gasteiger partial charge in [-0.25, -0.2) is 4.39 Å². The van der Waals surface area contributed by atoms with Crippen molar-refractivity contribution in [3.63, 3.8) is 0 Å². The Morgan fingerprint density at radius 2 is 1.67 bits per heavy atom. The summed E-state index contributed by atoms with van der Waals surface area (Å²) >= 11 is 0. The molecule has 0 spiro atoms. The number of nitro groups is 1. The van der Waals surface area contributed by atoms with Gasteiger partial charge in [0, 0.05) is 19.9 Å². The molecule has 8 nitrogen and oxygen atoms in total. The van der Waals surface area contributed by atoms with Crippen LogP contribution in [0.2, 0.25) is 0 Å². The van der Waals surface area contributed by atoms with E-state index in [0.29, 0.717) is 12.1 Å². The van der Waals surface area contributed by atoms with Gasteiger partial charge in [0.25, 0.3) is 0 Å². The van der Waals surface area contributed by atoms with Gasteiger partial charge >= 0.3 is 15.8 Å². The number of hydrogen-bond acceptors (Lipinski definition) is 7. The van der Waals surface area contributed by atoms with Crippen LogP contribution in [0.25, 0.3) is 0 Å². The van der Waals surface area contributed by atoms with E-state index in [0.717, 1.165) is 19.4 Å². The van der Waals surface area contributed by atoms with E-state index >= 15 is 0 Å². The molecule has 0 amide bonds. The van der Waals surface area contributed by atoms with Crippen LogP contribution in [0, 0.1) is 28.7 Å². The highest BCUT2D eigenvalue weighted by Gasteiger charge is 2.33. The zero-order chi connectivity index (χ0) is 20.4. The molecule has 0 fully saturated rings. The molecule has 0 aliphatic carbocycles. The lowest BCUT2D eigenvalue weighted by Gasteiger charge is -2.24. The number of nitrogens with zero attached hydrogens (tertiary/aromatic N) is 1. The first-order valence-corrected chi connectivity index (χ1v) is 8.84. The monoisotopic (exact) mass is 403 g/mol. The number of hydrogen-bond donors (Lipinski definition) is 0. The second-order valence-electron chi connectivity index (χ2n) is 5.89. The molecular weight excluding hydrogens is 388 g/mol. The molecule has 0 saturated heterocycles. The summed E-state index contributed by atoms with van der Waals surface area (Å²) in [4.78, 5) is 14.5. The Labute approximate surface area is 153 Å². The zero-order valence-corrected chi connectivity index (χ0v) is 15.2. The van der Waals surface area contributed by atoms with Gasteiger partial charge in [0.15, 0.2) is 5.82 Å². The average molecular weight is 403 g/mol. The largest absolute Gasteiger partial charge is 0.450 e. The van der Waals surface area contributed by atoms with Crippen LogP contribution < -0.4 is 4.74 Å². The second kappa shape index (κ2) is 7.55. The summed E-state index contributed by atoms with van der Waals surface area (Å²) in [6, 6.07) is 6.88. The SMILES string of the molecule is Cc1ccc(S(=O)(=O)OOC(C)(C)Oc2c([N+](=O)[O-])ccc(F)c2F)cc1. The summed E-state index contributed by atoms with van der Waals surface area (Å²) in [5.74, 6) is -6.08. The van der Waals surface area contributed by atoms with E-state index in [2.05, 4.69) is 4.33 Å². The third-order valence-electron chi connectivity index (χ3n) is 3.21. The molecule has 0 saturated carbocycles. The fraction of sp³-hybridized carbons (Fsp3) is 0.250. The first-order chi connectivity index (χ1) is 12.4. The topological polar surface area (TPSA) is 105 Å². The molecule has 0 bridgehead atoms. The predicted octanol–water partition coefficient (Wildman–Crippen LogP) is 3.63. The molecule has 2 aromatic rings. The van der Waals surface area contributed by atoms with E-state index in [4.69, 9.17) is 9.62 Å². The van der Waals surface area contributed by atoms with Crippen molar-refractivity contribution in [1.82, 2.24) is 0 Å². The van der Waals surface area contributed by atoms with Gasteiger partial charge in [0.2, 0.25) is 17.4 Å². The molecule has 0 N–H and O–H groups in total. The molecule has 2 rings (SSSR count). The van der Waals surface area contributed by atoms with Crippen molar-refractivity contribution < 1.29 is 36.1 Å². The van der Waals surface area contributed by atoms with Crippen molar-refractivity contribution in [2.24, 2.45) is 0 Å². The summed E-state index contributed by atoms with van der Waals surface area (Å²) in [6.07, 6.45) is 0. The highest BCUT2D eigenvalue weighted by molar-refractivity contribution is 7.86. The average Bonchev–Trinajstić information content (AvgIpc) is 2.57. The molecule has 0 aliphatic heterocycles. The Morgan fingerprint density at radius 3 is 2.22 bits per heavy atom. The van der Waals surface area contributed by atoms with Gasteiger partial charge in [-0.15, -0.1) is 0 Å². The fourth-order valence-electron chi connectivity index (χ4n) is 1.90. The van der Waals surface area contributed by atoms with Crippen LogP contribution in [0.15, 0.2) is 41.3 Å². The molecule has 146 valence electrons. The number of ether oxygens (including phenoxy) is 1. The molecule has 11 heteroatoms. The van der Waals surface area contributed by atoms with Crippen LogP contribution in [0.1, 0.15) is 19.4 Å². The molecule has 0 aliphatic rings. The molecule has 27 heavy (non-hydrogen) atoms. The molecule has 0 atom stereocenters. The Kier molecular flexibility index (Phi) is 5.78.